The molecule has 4 nitrogen and oxygen atoms in total. The fourth-order valence-corrected chi connectivity index (χ4v) is 1.51. The molecule has 0 aromatic rings. The molecule has 4 heteroatoms. The minimum Gasteiger partial charge on any atom is -0.394 e. The maximum absolute atomic E-state index is 9.29. The lowest BCUT2D eigenvalue weighted by atomic mass is 9.92. The summed E-state index contributed by atoms with van der Waals surface area (Å²) >= 11 is 0. The van der Waals surface area contributed by atoms with E-state index in [-0.39, 0.29) is 12.1 Å². The van der Waals surface area contributed by atoms with E-state index >= 15 is 0 Å². The Hall–Kier alpha value is -0.160. The molecule has 1 atom stereocenters. The van der Waals surface area contributed by atoms with Gasteiger partial charge in [0.15, 0.2) is 0 Å². The first kappa shape index (κ1) is 14.8. The van der Waals surface area contributed by atoms with E-state index in [1.165, 1.54) is 0 Å². The van der Waals surface area contributed by atoms with Gasteiger partial charge in [0.25, 0.3) is 0 Å². The van der Waals surface area contributed by atoms with Crippen LogP contribution in [0, 0.1) is 0 Å². The Morgan fingerprint density at radius 1 is 1.27 bits per heavy atom. The van der Waals surface area contributed by atoms with Crippen LogP contribution in [0.15, 0.2) is 0 Å². The average Bonchev–Trinajstić information content (AvgIpc) is 2.29. The van der Waals surface area contributed by atoms with Crippen molar-refractivity contribution in [2.45, 2.75) is 31.7 Å². The first-order valence-electron chi connectivity index (χ1n) is 5.61. The van der Waals surface area contributed by atoms with Gasteiger partial charge in [-0.25, -0.2) is 0 Å². The standard InChI is InChI=1S/C11H25NO3/c1-4-11(10-13,12-2)6-5-7-15-9-8-14-3/h12-13H,4-10H2,1-3H3. The van der Waals surface area contributed by atoms with Crippen molar-refractivity contribution in [3.63, 3.8) is 0 Å². The molecule has 0 aromatic carbocycles. The van der Waals surface area contributed by atoms with Crippen LogP contribution in [-0.4, -0.2) is 51.2 Å². The van der Waals surface area contributed by atoms with Gasteiger partial charge in [-0.2, -0.15) is 0 Å². The van der Waals surface area contributed by atoms with Crippen molar-refractivity contribution in [1.29, 1.82) is 0 Å². The van der Waals surface area contributed by atoms with E-state index in [9.17, 15) is 5.11 Å². The second-order valence-electron chi connectivity index (χ2n) is 3.75. The third kappa shape index (κ3) is 6.10. The van der Waals surface area contributed by atoms with E-state index in [4.69, 9.17) is 9.47 Å². The van der Waals surface area contributed by atoms with Gasteiger partial charge in [0, 0.05) is 19.3 Å². The van der Waals surface area contributed by atoms with E-state index in [2.05, 4.69) is 12.2 Å². The molecule has 0 aliphatic heterocycles. The van der Waals surface area contributed by atoms with Crippen LogP contribution in [0.2, 0.25) is 0 Å². The molecule has 0 saturated carbocycles. The smallest absolute Gasteiger partial charge is 0.0700 e. The van der Waals surface area contributed by atoms with E-state index in [0.29, 0.717) is 13.2 Å². The number of rotatable bonds is 10. The maximum atomic E-state index is 9.29. The van der Waals surface area contributed by atoms with Gasteiger partial charge >= 0.3 is 0 Å². The highest BCUT2D eigenvalue weighted by molar-refractivity contribution is 4.84. The monoisotopic (exact) mass is 219 g/mol. The number of nitrogens with one attached hydrogen (secondary N) is 1. The van der Waals surface area contributed by atoms with Crippen LogP contribution >= 0.6 is 0 Å². The lowest BCUT2D eigenvalue weighted by Gasteiger charge is -2.30. The van der Waals surface area contributed by atoms with Crippen molar-refractivity contribution < 1.29 is 14.6 Å². The largest absolute Gasteiger partial charge is 0.394 e. The molecule has 0 aliphatic carbocycles. The summed E-state index contributed by atoms with van der Waals surface area (Å²) in [4.78, 5) is 0. The summed E-state index contributed by atoms with van der Waals surface area (Å²) in [6.07, 6.45) is 2.82. The molecule has 0 amide bonds. The van der Waals surface area contributed by atoms with Gasteiger partial charge in [0.1, 0.15) is 0 Å². The highest BCUT2D eigenvalue weighted by atomic mass is 16.5. The molecule has 0 heterocycles. The van der Waals surface area contributed by atoms with Crippen molar-refractivity contribution >= 4 is 0 Å². The van der Waals surface area contributed by atoms with Crippen molar-refractivity contribution in [1.82, 2.24) is 5.32 Å². The van der Waals surface area contributed by atoms with Gasteiger partial charge in [-0.15, -0.1) is 0 Å². The highest BCUT2D eigenvalue weighted by Gasteiger charge is 2.23. The number of aliphatic hydroxyl groups excluding tert-OH is 1. The number of hydrogen-bond acceptors (Lipinski definition) is 4. The molecule has 0 bridgehead atoms. The first-order valence-corrected chi connectivity index (χ1v) is 5.61. The van der Waals surface area contributed by atoms with Crippen LogP contribution in [0.1, 0.15) is 26.2 Å². The average molecular weight is 219 g/mol. The van der Waals surface area contributed by atoms with Gasteiger partial charge in [-0.05, 0) is 26.3 Å². The summed E-state index contributed by atoms with van der Waals surface area (Å²) in [5, 5.41) is 12.5. The normalized spacial score (nSPS) is 15.2. The van der Waals surface area contributed by atoms with E-state index in [1.54, 1.807) is 7.11 Å². The number of methoxy groups -OCH3 is 1. The van der Waals surface area contributed by atoms with Crippen LogP contribution in [0.4, 0.5) is 0 Å². The predicted molar refractivity (Wildman–Crippen MR) is 61.1 cm³/mol. The molecule has 15 heavy (non-hydrogen) atoms. The molecule has 2 N–H and O–H groups in total. The molecule has 0 fully saturated rings. The Balaban J connectivity index is 3.54. The van der Waals surface area contributed by atoms with Gasteiger partial charge < -0.3 is 19.9 Å². The predicted octanol–water partition coefficient (Wildman–Crippen LogP) is 0.790. The minimum absolute atomic E-state index is 0.134. The minimum atomic E-state index is -0.134. The van der Waals surface area contributed by atoms with E-state index in [0.717, 1.165) is 25.9 Å². The van der Waals surface area contributed by atoms with Gasteiger partial charge in [0.2, 0.25) is 0 Å². The van der Waals surface area contributed by atoms with Gasteiger partial charge in [-0.3, -0.25) is 0 Å². The van der Waals surface area contributed by atoms with Crippen LogP contribution in [0.3, 0.4) is 0 Å². The SMILES string of the molecule is CCC(CO)(CCCOCCOC)NC. The topological polar surface area (TPSA) is 50.7 Å². The fourth-order valence-electron chi connectivity index (χ4n) is 1.51. The van der Waals surface area contributed by atoms with Crippen molar-refractivity contribution in [3.8, 4) is 0 Å². The van der Waals surface area contributed by atoms with Crippen LogP contribution in [0.25, 0.3) is 0 Å². The number of likely N-dealkylation sites (N-methyl/N-ethyl adjacent to an activating group) is 1. The summed E-state index contributed by atoms with van der Waals surface area (Å²) < 4.78 is 10.2. The maximum Gasteiger partial charge on any atom is 0.0700 e. The van der Waals surface area contributed by atoms with Crippen molar-refractivity contribution in [2.24, 2.45) is 0 Å². The lowest BCUT2D eigenvalue weighted by molar-refractivity contribution is 0.0617. The zero-order chi connectivity index (χ0) is 11.6. The molecular weight excluding hydrogens is 194 g/mol. The Morgan fingerprint density at radius 2 is 2.00 bits per heavy atom. The summed E-state index contributed by atoms with van der Waals surface area (Å²) in [6, 6.07) is 0. The van der Waals surface area contributed by atoms with Gasteiger partial charge in [-0.1, -0.05) is 6.92 Å². The number of aliphatic hydroxyl groups is 1. The van der Waals surface area contributed by atoms with Crippen molar-refractivity contribution in [3.05, 3.63) is 0 Å². The molecule has 92 valence electrons. The summed E-state index contributed by atoms with van der Waals surface area (Å²) in [6.45, 7) is 4.28. The molecule has 1 unspecified atom stereocenters. The summed E-state index contributed by atoms with van der Waals surface area (Å²) in [7, 11) is 3.56. The second-order valence-corrected chi connectivity index (χ2v) is 3.75. The van der Waals surface area contributed by atoms with Crippen LogP contribution in [0.5, 0.6) is 0 Å². The lowest BCUT2D eigenvalue weighted by Crippen LogP contribution is -2.46. The number of ether oxygens (including phenoxy) is 2. The molecule has 0 saturated heterocycles. The fraction of sp³-hybridized carbons (Fsp3) is 1.00. The summed E-state index contributed by atoms with van der Waals surface area (Å²) in [5.41, 5.74) is -0.134. The molecule has 0 aromatic heterocycles. The Kier molecular flexibility index (Phi) is 9.00. The zero-order valence-corrected chi connectivity index (χ0v) is 10.2. The van der Waals surface area contributed by atoms with Crippen molar-refractivity contribution in [2.75, 3.05) is 40.6 Å². The van der Waals surface area contributed by atoms with Crippen LogP contribution < -0.4 is 5.32 Å². The Labute approximate surface area is 93.0 Å². The van der Waals surface area contributed by atoms with Crippen LogP contribution in [-0.2, 0) is 9.47 Å². The highest BCUT2D eigenvalue weighted by Crippen LogP contribution is 2.16. The Bertz CT molecular complexity index is 130. The second kappa shape index (κ2) is 9.09. The molecule has 0 spiro atoms. The quantitative estimate of drug-likeness (QED) is 0.533. The first-order chi connectivity index (χ1) is 7.24. The Morgan fingerprint density at radius 3 is 2.47 bits per heavy atom. The molecule has 0 radical (unpaired) electrons. The zero-order valence-electron chi connectivity index (χ0n) is 10.2. The molecule has 0 aliphatic rings. The van der Waals surface area contributed by atoms with Gasteiger partial charge in [0.05, 0.1) is 19.8 Å². The summed E-state index contributed by atoms with van der Waals surface area (Å²) in [5.74, 6) is 0. The molecular formula is C11H25NO3. The van der Waals surface area contributed by atoms with E-state index in [1.807, 2.05) is 7.05 Å². The number of hydrogen-bond donors (Lipinski definition) is 2. The van der Waals surface area contributed by atoms with E-state index < -0.39 is 0 Å². The third-order valence-corrected chi connectivity index (χ3v) is 2.89. The molecule has 0 rings (SSSR count). The third-order valence-electron chi connectivity index (χ3n) is 2.89.